The molecule has 0 aromatic rings. The Balaban J connectivity index is 1.79. The molecule has 0 radical (unpaired) electrons. The Labute approximate surface area is 152 Å². The molecule has 1 heterocycles. The van der Waals surface area contributed by atoms with E-state index in [0.29, 0.717) is 24.8 Å². The van der Waals surface area contributed by atoms with E-state index in [2.05, 4.69) is 6.58 Å². The van der Waals surface area contributed by atoms with E-state index in [0.717, 1.165) is 12.8 Å². The highest BCUT2D eigenvalue weighted by Crippen LogP contribution is 2.79. The summed E-state index contributed by atoms with van der Waals surface area (Å²) in [5.74, 6) is -2.59. The van der Waals surface area contributed by atoms with E-state index in [1.807, 2.05) is 6.92 Å². The highest BCUT2D eigenvalue weighted by atomic mass is 16.5. The van der Waals surface area contributed by atoms with Crippen LogP contribution in [0.4, 0.5) is 0 Å². The number of carbonyl (C=O) groups excluding carboxylic acids is 1. The Kier molecular flexibility index (Phi) is 2.92. The van der Waals surface area contributed by atoms with Crippen LogP contribution in [0.3, 0.4) is 0 Å². The van der Waals surface area contributed by atoms with Crippen LogP contribution in [0.1, 0.15) is 45.4 Å². The molecule has 142 valence electrons. The van der Waals surface area contributed by atoms with Crippen LogP contribution in [0.25, 0.3) is 0 Å². The third-order valence-corrected chi connectivity index (χ3v) is 8.99. The lowest BCUT2D eigenvalue weighted by molar-refractivity contribution is -0.201. The first-order chi connectivity index (χ1) is 12.1. The number of carbonyl (C=O) groups is 2. The van der Waals surface area contributed by atoms with Gasteiger partial charge in [0.2, 0.25) is 0 Å². The lowest BCUT2D eigenvalue weighted by atomic mass is 9.51. The second-order valence-electron chi connectivity index (χ2n) is 9.71. The first-order valence-corrected chi connectivity index (χ1v) is 9.63. The molecule has 5 fully saturated rings. The van der Waals surface area contributed by atoms with Crippen molar-refractivity contribution in [2.45, 2.75) is 57.2 Å². The van der Waals surface area contributed by atoms with Crippen LogP contribution in [0, 0.1) is 34.0 Å². The number of carboxylic acid groups (broad SMARTS) is 1. The molecule has 26 heavy (non-hydrogen) atoms. The van der Waals surface area contributed by atoms with Gasteiger partial charge in [-0.15, -0.1) is 0 Å². The number of cyclic esters (lactones) is 1. The van der Waals surface area contributed by atoms with Crippen molar-refractivity contribution in [2.24, 2.45) is 34.0 Å². The minimum absolute atomic E-state index is 0.0802. The molecule has 4 aliphatic carbocycles. The maximum Gasteiger partial charge on any atom is 0.312 e. The van der Waals surface area contributed by atoms with Gasteiger partial charge in [-0.3, -0.25) is 9.59 Å². The molecule has 1 aliphatic heterocycles. The molecule has 5 aliphatic rings. The molecule has 1 spiro atoms. The Bertz CT molecular complexity index is 747. The lowest BCUT2D eigenvalue weighted by Crippen LogP contribution is -2.58. The number of carboxylic acids is 1. The molecule has 8 unspecified atom stereocenters. The summed E-state index contributed by atoms with van der Waals surface area (Å²) in [5, 5.41) is 32.5. The quantitative estimate of drug-likeness (QED) is 0.482. The molecule has 4 saturated carbocycles. The molecule has 1 saturated heterocycles. The molecule has 0 aromatic carbocycles. The van der Waals surface area contributed by atoms with Gasteiger partial charge >= 0.3 is 11.9 Å². The van der Waals surface area contributed by atoms with Gasteiger partial charge in [0.25, 0.3) is 0 Å². The number of fused-ring (bicyclic) bond motifs is 1. The molecule has 4 bridgehead atoms. The lowest BCUT2D eigenvalue weighted by Gasteiger charge is -2.55. The second-order valence-corrected chi connectivity index (χ2v) is 9.71. The Morgan fingerprint density at radius 2 is 2.04 bits per heavy atom. The van der Waals surface area contributed by atoms with Gasteiger partial charge in [0, 0.05) is 10.8 Å². The highest BCUT2D eigenvalue weighted by molar-refractivity contribution is 5.82. The molecule has 6 heteroatoms. The number of esters is 1. The van der Waals surface area contributed by atoms with E-state index < -0.39 is 39.8 Å². The van der Waals surface area contributed by atoms with Crippen molar-refractivity contribution in [2.75, 3.05) is 6.61 Å². The Morgan fingerprint density at radius 3 is 2.73 bits per heavy atom. The van der Waals surface area contributed by atoms with E-state index >= 15 is 0 Å². The van der Waals surface area contributed by atoms with Crippen LogP contribution in [0.5, 0.6) is 0 Å². The smallest absolute Gasteiger partial charge is 0.312 e. The van der Waals surface area contributed by atoms with Gasteiger partial charge in [0.1, 0.15) is 0 Å². The number of hydrogen-bond acceptors (Lipinski definition) is 5. The number of ether oxygens (including phenoxy) is 1. The van der Waals surface area contributed by atoms with Crippen LogP contribution >= 0.6 is 0 Å². The first-order valence-electron chi connectivity index (χ1n) is 9.63. The summed E-state index contributed by atoms with van der Waals surface area (Å²) >= 11 is 0. The molecular weight excluding hydrogens is 336 g/mol. The molecular formula is C20H26O6. The van der Waals surface area contributed by atoms with E-state index in [-0.39, 0.29) is 30.8 Å². The summed E-state index contributed by atoms with van der Waals surface area (Å²) in [4.78, 5) is 25.3. The van der Waals surface area contributed by atoms with Crippen molar-refractivity contribution in [3.8, 4) is 0 Å². The highest BCUT2D eigenvalue weighted by Gasteiger charge is 2.82. The maximum absolute atomic E-state index is 12.7. The summed E-state index contributed by atoms with van der Waals surface area (Å²) < 4.78 is 5.62. The summed E-state index contributed by atoms with van der Waals surface area (Å²) in [6.45, 7) is 6.02. The second kappa shape index (κ2) is 4.53. The largest absolute Gasteiger partial charge is 0.481 e. The van der Waals surface area contributed by atoms with Crippen LogP contribution in [-0.2, 0) is 14.3 Å². The van der Waals surface area contributed by atoms with Gasteiger partial charge < -0.3 is 20.1 Å². The summed E-state index contributed by atoms with van der Waals surface area (Å²) in [6, 6.07) is 0. The maximum atomic E-state index is 12.7. The Morgan fingerprint density at radius 1 is 1.31 bits per heavy atom. The topological polar surface area (TPSA) is 104 Å². The number of aliphatic hydroxyl groups excluding tert-OH is 1. The standard InChI is InChI=1S/C20H26O6/c1-10-14(21)20-8-19(10,25)7-4-11(20)18-6-3-5-17(2,16(24)26-9-18)13(18)12(20)15(22)23/h11-14,21,25H,1,3-9H2,2H3,(H,22,23). The fraction of sp³-hybridized carbons (Fsp3) is 0.800. The zero-order chi connectivity index (χ0) is 18.7. The minimum Gasteiger partial charge on any atom is -0.481 e. The average molecular weight is 362 g/mol. The van der Waals surface area contributed by atoms with Crippen LogP contribution in [0.2, 0.25) is 0 Å². The zero-order valence-electron chi connectivity index (χ0n) is 15.0. The number of rotatable bonds is 1. The fourth-order valence-electron chi connectivity index (χ4n) is 8.19. The predicted octanol–water partition coefficient (Wildman–Crippen LogP) is 1.50. The van der Waals surface area contributed by atoms with Gasteiger partial charge in [0.05, 0.1) is 29.6 Å². The van der Waals surface area contributed by atoms with Crippen LogP contribution < -0.4 is 0 Å². The fourth-order valence-corrected chi connectivity index (χ4v) is 8.19. The summed E-state index contributed by atoms with van der Waals surface area (Å²) in [7, 11) is 0. The predicted molar refractivity (Wildman–Crippen MR) is 89.8 cm³/mol. The third-order valence-electron chi connectivity index (χ3n) is 8.99. The third kappa shape index (κ3) is 1.47. The van der Waals surface area contributed by atoms with Crippen LogP contribution in [-0.4, -0.2) is 45.6 Å². The number of aliphatic hydroxyl groups is 2. The SMILES string of the molecule is C=C1C(O)C23CC1(O)CCC2C12CCCC(C)(C(=O)OC1)C2C3C(=O)O. The van der Waals surface area contributed by atoms with Crippen molar-refractivity contribution in [3.05, 3.63) is 12.2 Å². The zero-order valence-corrected chi connectivity index (χ0v) is 15.0. The van der Waals surface area contributed by atoms with Gasteiger partial charge in [-0.05, 0) is 56.4 Å². The van der Waals surface area contributed by atoms with Crippen molar-refractivity contribution in [1.82, 2.24) is 0 Å². The molecule has 5 rings (SSSR count). The summed E-state index contributed by atoms with van der Waals surface area (Å²) in [5.41, 5.74) is -3.06. The molecule has 8 atom stereocenters. The van der Waals surface area contributed by atoms with E-state index in [1.54, 1.807) is 0 Å². The molecule has 0 aromatic heterocycles. The van der Waals surface area contributed by atoms with Gasteiger partial charge in [-0.25, -0.2) is 0 Å². The minimum atomic E-state index is -1.20. The van der Waals surface area contributed by atoms with Crippen LogP contribution in [0.15, 0.2) is 12.2 Å². The monoisotopic (exact) mass is 362 g/mol. The van der Waals surface area contributed by atoms with E-state index in [1.165, 1.54) is 0 Å². The van der Waals surface area contributed by atoms with Crippen molar-refractivity contribution >= 4 is 11.9 Å². The Hall–Kier alpha value is -1.40. The number of hydrogen-bond donors (Lipinski definition) is 3. The molecule has 0 amide bonds. The average Bonchev–Trinajstić information content (AvgIpc) is 2.93. The van der Waals surface area contributed by atoms with Crippen molar-refractivity contribution in [1.29, 1.82) is 0 Å². The van der Waals surface area contributed by atoms with E-state index in [9.17, 15) is 24.9 Å². The normalized spacial score (nSPS) is 57.3. The van der Waals surface area contributed by atoms with Gasteiger partial charge in [-0.1, -0.05) is 13.0 Å². The van der Waals surface area contributed by atoms with Crippen molar-refractivity contribution in [3.63, 3.8) is 0 Å². The molecule has 3 N–H and O–H groups in total. The van der Waals surface area contributed by atoms with Gasteiger partial charge in [0.15, 0.2) is 0 Å². The summed E-state index contributed by atoms with van der Waals surface area (Å²) in [6.07, 6.45) is 2.59. The number of aliphatic carboxylic acids is 1. The van der Waals surface area contributed by atoms with Gasteiger partial charge in [-0.2, -0.15) is 0 Å². The van der Waals surface area contributed by atoms with E-state index in [4.69, 9.17) is 4.74 Å². The molecule has 6 nitrogen and oxygen atoms in total. The first kappa shape index (κ1) is 16.8. The van der Waals surface area contributed by atoms with Crippen molar-refractivity contribution < 1.29 is 29.6 Å².